The summed E-state index contributed by atoms with van der Waals surface area (Å²) in [6.07, 6.45) is 0.453. The number of nitrogens with zero attached hydrogens (tertiary/aromatic N) is 2. The van der Waals surface area contributed by atoms with E-state index in [4.69, 9.17) is 0 Å². The first-order chi connectivity index (χ1) is 8.99. The Morgan fingerprint density at radius 2 is 1.84 bits per heavy atom. The smallest absolute Gasteiger partial charge is 0.0748 e. The minimum atomic E-state index is -0.299. The van der Waals surface area contributed by atoms with Crippen molar-refractivity contribution in [3.8, 4) is 0 Å². The molecule has 1 aliphatic rings. The van der Waals surface area contributed by atoms with Crippen molar-refractivity contribution in [3.63, 3.8) is 0 Å². The Labute approximate surface area is 116 Å². The van der Waals surface area contributed by atoms with Crippen molar-refractivity contribution in [2.24, 2.45) is 0 Å². The Morgan fingerprint density at radius 1 is 1.21 bits per heavy atom. The fourth-order valence-electron chi connectivity index (χ4n) is 2.98. The summed E-state index contributed by atoms with van der Waals surface area (Å²) in [6.45, 7) is 7.33. The zero-order chi connectivity index (χ0) is 14.0. The summed E-state index contributed by atoms with van der Waals surface area (Å²) in [5, 5.41) is 10.6. The van der Waals surface area contributed by atoms with Gasteiger partial charge in [-0.3, -0.25) is 4.90 Å². The van der Waals surface area contributed by atoms with Gasteiger partial charge in [-0.1, -0.05) is 18.2 Å². The molecule has 2 rings (SSSR count). The Bertz CT molecular complexity index is 413. The lowest BCUT2D eigenvalue weighted by atomic mass is 9.93. The molecule has 2 atom stereocenters. The predicted octanol–water partition coefficient (Wildman–Crippen LogP) is 1.45. The van der Waals surface area contributed by atoms with E-state index in [2.05, 4.69) is 55.9 Å². The number of likely N-dealkylation sites (N-methyl/N-ethyl adjacent to an activating group) is 2. The van der Waals surface area contributed by atoms with Crippen molar-refractivity contribution in [2.45, 2.75) is 32.4 Å². The number of aliphatic hydroxyl groups is 1. The average Bonchev–Trinajstić information content (AvgIpc) is 2.37. The van der Waals surface area contributed by atoms with Crippen LogP contribution >= 0.6 is 0 Å². The molecule has 0 amide bonds. The molecule has 0 radical (unpaired) electrons. The van der Waals surface area contributed by atoms with Crippen LogP contribution in [0.5, 0.6) is 0 Å². The van der Waals surface area contributed by atoms with Crippen LogP contribution in [0.3, 0.4) is 0 Å². The number of rotatable bonds is 3. The van der Waals surface area contributed by atoms with Crippen LogP contribution < -0.4 is 0 Å². The molecule has 0 saturated carbocycles. The second-order valence-corrected chi connectivity index (χ2v) is 5.95. The molecule has 1 N–H and O–H groups in total. The second-order valence-electron chi connectivity index (χ2n) is 5.95. The van der Waals surface area contributed by atoms with Crippen LogP contribution in [0.15, 0.2) is 18.2 Å². The van der Waals surface area contributed by atoms with Gasteiger partial charge in [-0.25, -0.2) is 0 Å². The van der Waals surface area contributed by atoms with E-state index in [0.717, 1.165) is 26.1 Å². The van der Waals surface area contributed by atoms with Gasteiger partial charge in [0, 0.05) is 32.1 Å². The van der Waals surface area contributed by atoms with E-state index in [1.807, 2.05) is 0 Å². The van der Waals surface area contributed by atoms with Crippen LogP contribution in [-0.2, 0) is 6.42 Å². The van der Waals surface area contributed by atoms with E-state index >= 15 is 0 Å². The molecule has 1 saturated heterocycles. The molecule has 1 heterocycles. The van der Waals surface area contributed by atoms with E-state index in [1.165, 1.54) is 16.7 Å². The summed E-state index contributed by atoms with van der Waals surface area (Å²) in [5.41, 5.74) is 3.87. The Morgan fingerprint density at radius 3 is 2.47 bits per heavy atom. The molecule has 1 aliphatic heterocycles. The van der Waals surface area contributed by atoms with Gasteiger partial charge >= 0.3 is 0 Å². The van der Waals surface area contributed by atoms with Gasteiger partial charge in [0.05, 0.1) is 6.10 Å². The highest BCUT2D eigenvalue weighted by molar-refractivity contribution is 5.34. The topological polar surface area (TPSA) is 26.7 Å². The third-order valence-corrected chi connectivity index (χ3v) is 4.40. The summed E-state index contributed by atoms with van der Waals surface area (Å²) in [4.78, 5) is 4.59. The Kier molecular flexibility index (Phi) is 4.61. The summed E-state index contributed by atoms with van der Waals surface area (Å²) in [6, 6.07) is 6.58. The van der Waals surface area contributed by atoms with Crippen molar-refractivity contribution >= 4 is 0 Å². The second kappa shape index (κ2) is 6.04. The Hall–Kier alpha value is -0.900. The quantitative estimate of drug-likeness (QED) is 0.893. The number of piperazine rings is 1. The molecule has 1 aromatic rings. The van der Waals surface area contributed by atoms with Crippen LogP contribution in [0.4, 0.5) is 0 Å². The van der Waals surface area contributed by atoms with Crippen molar-refractivity contribution in [2.75, 3.05) is 33.7 Å². The lowest BCUT2D eigenvalue weighted by Gasteiger charge is -2.40. The van der Waals surface area contributed by atoms with Crippen LogP contribution in [0.1, 0.15) is 16.7 Å². The number of hydrogen-bond donors (Lipinski definition) is 1. The van der Waals surface area contributed by atoms with Crippen LogP contribution in [0, 0.1) is 13.8 Å². The fourth-order valence-corrected chi connectivity index (χ4v) is 2.98. The molecule has 1 aromatic carbocycles. The van der Waals surface area contributed by atoms with Gasteiger partial charge < -0.3 is 10.0 Å². The maximum absolute atomic E-state index is 10.6. The molecular formula is C16H26N2O. The minimum Gasteiger partial charge on any atom is -0.391 e. The van der Waals surface area contributed by atoms with Gasteiger partial charge in [0.2, 0.25) is 0 Å². The molecule has 2 unspecified atom stereocenters. The third kappa shape index (κ3) is 3.35. The van der Waals surface area contributed by atoms with E-state index in [0.29, 0.717) is 0 Å². The highest BCUT2D eigenvalue weighted by Gasteiger charge is 2.29. The van der Waals surface area contributed by atoms with Crippen LogP contribution in [0.25, 0.3) is 0 Å². The first-order valence-corrected chi connectivity index (χ1v) is 7.11. The Balaban J connectivity index is 2.10. The lowest BCUT2D eigenvalue weighted by molar-refractivity contribution is 0.0151. The first-order valence-electron chi connectivity index (χ1n) is 7.11. The molecule has 19 heavy (non-hydrogen) atoms. The number of aryl methyl sites for hydroxylation is 2. The van der Waals surface area contributed by atoms with E-state index in [9.17, 15) is 5.11 Å². The third-order valence-electron chi connectivity index (χ3n) is 4.40. The number of hydrogen-bond acceptors (Lipinski definition) is 3. The fraction of sp³-hybridized carbons (Fsp3) is 0.625. The van der Waals surface area contributed by atoms with Crippen molar-refractivity contribution < 1.29 is 5.11 Å². The van der Waals surface area contributed by atoms with Crippen molar-refractivity contribution in [1.82, 2.24) is 9.80 Å². The summed E-state index contributed by atoms with van der Waals surface area (Å²) in [7, 11) is 4.25. The molecule has 0 aromatic heterocycles. The van der Waals surface area contributed by atoms with E-state index in [1.54, 1.807) is 0 Å². The van der Waals surface area contributed by atoms with Crippen LogP contribution in [-0.4, -0.2) is 60.8 Å². The molecule has 3 nitrogen and oxygen atoms in total. The number of benzene rings is 1. The minimum absolute atomic E-state index is 0.234. The van der Waals surface area contributed by atoms with E-state index < -0.39 is 0 Å². The molecule has 0 bridgehead atoms. The molecule has 0 spiro atoms. The molecular weight excluding hydrogens is 236 g/mol. The summed E-state index contributed by atoms with van der Waals surface area (Å²) >= 11 is 0. The molecule has 3 heteroatoms. The maximum atomic E-state index is 10.6. The molecule has 0 aliphatic carbocycles. The summed E-state index contributed by atoms with van der Waals surface area (Å²) < 4.78 is 0. The standard InChI is InChI=1S/C16H26N2O/c1-12-6-5-7-13(2)14(12)10-16(19)15-11-17(3)8-9-18(15)4/h5-7,15-16,19H,8-11H2,1-4H3. The SMILES string of the molecule is Cc1cccc(C)c1CC(O)C1CN(C)CCN1C. The zero-order valence-electron chi connectivity index (χ0n) is 12.6. The van der Waals surface area contributed by atoms with Crippen molar-refractivity contribution in [3.05, 3.63) is 34.9 Å². The molecule has 106 valence electrons. The molecule has 1 fully saturated rings. The zero-order valence-corrected chi connectivity index (χ0v) is 12.6. The monoisotopic (exact) mass is 262 g/mol. The predicted molar refractivity (Wildman–Crippen MR) is 79.5 cm³/mol. The van der Waals surface area contributed by atoms with Crippen LogP contribution in [0.2, 0.25) is 0 Å². The lowest BCUT2D eigenvalue weighted by Crippen LogP contribution is -2.55. The van der Waals surface area contributed by atoms with E-state index in [-0.39, 0.29) is 12.1 Å². The van der Waals surface area contributed by atoms with Gasteiger partial charge in [0.15, 0.2) is 0 Å². The van der Waals surface area contributed by atoms with Gasteiger partial charge in [-0.15, -0.1) is 0 Å². The highest BCUT2D eigenvalue weighted by atomic mass is 16.3. The average molecular weight is 262 g/mol. The van der Waals surface area contributed by atoms with Gasteiger partial charge in [-0.2, -0.15) is 0 Å². The summed E-state index contributed by atoms with van der Waals surface area (Å²) in [5.74, 6) is 0. The maximum Gasteiger partial charge on any atom is 0.0748 e. The van der Waals surface area contributed by atoms with Gasteiger partial charge in [0.25, 0.3) is 0 Å². The largest absolute Gasteiger partial charge is 0.391 e. The van der Waals surface area contributed by atoms with Gasteiger partial charge in [0.1, 0.15) is 0 Å². The van der Waals surface area contributed by atoms with Crippen molar-refractivity contribution in [1.29, 1.82) is 0 Å². The number of aliphatic hydroxyl groups excluding tert-OH is 1. The highest BCUT2D eigenvalue weighted by Crippen LogP contribution is 2.19. The van der Waals surface area contributed by atoms with Gasteiger partial charge in [-0.05, 0) is 44.6 Å². The first kappa shape index (κ1) is 14.5. The normalized spacial score (nSPS) is 23.5.